The molecule has 0 bridgehead atoms. The first-order valence-corrected chi connectivity index (χ1v) is 6.04. The number of anilines is 1. The van der Waals surface area contributed by atoms with Crippen molar-refractivity contribution in [3.63, 3.8) is 0 Å². The average Bonchev–Trinajstić information content (AvgIpc) is 2.39. The van der Waals surface area contributed by atoms with E-state index in [1.807, 2.05) is 37.3 Å². The number of rotatable bonds is 4. The monoisotopic (exact) mass is 243 g/mol. The van der Waals surface area contributed by atoms with E-state index >= 15 is 0 Å². The van der Waals surface area contributed by atoms with E-state index in [0.717, 1.165) is 16.6 Å². The highest BCUT2D eigenvalue weighted by Crippen LogP contribution is 2.20. The molecule has 0 fully saturated rings. The van der Waals surface area contributed by atoms with Gasteiger partial charge in [-0.1, -0.05) is 25.1 Å². The Hall–Kier alpha value is -1.94. The van der Waals surface area contributed by atoms with Gasteiger partial charge in [-0.25, -0.2) is 0 Å². The van der Waals surface area contributed by atoms with Crippen molar-refractivity contribution in [3.8, 4) is 0 Å². The van der Waals surface area contributed by atoms with Crippen molar-refractivity contribution in [3.05, 3.63) is 36.5 Å². The fourth-order valence-electron chi connectivity index (χ4n) is 1.81. The third-order valence-electron chi connectivity index (χ3n) is 2.84. The number of amides is 1. The van der Waals surface area contributed by atoms with Crippen LogP contribution in [0.1, 0.15) is 13.3 Å². The fraction of sp³-hybridized carbons (Fsp3) is 0.286. The molecule has 1 heterocycles. The van der Waals surface area contributed by atoms with Gasteiger partial charge in [0.2, 0.25) is 5.91 Å². The summed E-state index contributed by atoms with van der Waals surface area (Å²) in [7, 11) is 0. The topological polar surface area (TPSA) is 68.0 Å². The summed E-state index contributed by atoms with van der Waals surface area (Å²) in [5.74, 6) is 0.166. The highest BCUT2D eigenvalue weighted by atomic mass is 16.1. The number of carbonyl (C=O) groups excluding carboxylic acids is 1. The van der Waals surface area contributed by atoms with Crippen molar-refractivity contribution in [2.75, 3.05) is 11.9 Å². The maximum Gasteiger partial charge on any atom is 0.224 e. The number of nitrogens with one attached hydrogen (secondary N) is 1. The van der Waals surface area contributed by atoms with Gasteiger partial charge in [-0.05, 0) is 24.6 Å². The Labute approximate surface area is 106 Å². The molecule has 2 aromatic rings. The summed E-state index contributed by atoms with van der Waals surface area (Å²) in [6, 6.07) is 9.59. The zero-order valence-corrected chi connectivity index (χ0v) is 10.4. The maximum atomic E-state index is 11.8. The highest BCUT2D eigenvalue weighted by Gasteiger charge is 2.09. The molecule has 4 heteroatoms. The first kappa shape index (κ1) is 12.5. The van der Waals surface area contributed by atoms with Crippen LogP contribution in [0.4, 0.5) is 5.69 Å². The molecular formula is C14H17N3O. The van der Waals surface area contributed by atoms with E-state index < -0.39 is 0 Å². The lowest BCUT2D eigenvalue weighted by atomic mass is 10.1. The third kappa shape index (κ3) is 2.84. The lowest BCUT2D eigenvalue weighted by molar-refractivity contribution is -0.116. The van der Waals surface area contributed by atoms with Gasteiger partial charge in [0, 0.05) is 18.0 Å². The summed E-state index contributed by atoms with van der Waals surface area (Å²) < 4.78 is 0. The van der Waals surface area contributed by atoms with Crippen LogP contribution in [0.2, 0.25) is 0 Å². The van der Waals surface area contributed by atoms with Crippen molar-refractivity contribution in [2.24, 2.45) is 11.7 Å². The molecule has 0 saturated heterocycles. The molecular weight excluding hydrogens is 226 g/mol. The van der Waals surface area contributed by atoms with Crippen molar-refractivity contribution < 1.29 is 4.79 Å². The van der Waals surface area contributed by atoms with Crippen LogP contribution in [0, 0.1) is 5.92 Å². The van der Waals surface area contributed by atoms with Crippen LogP contribution < -0.4 is 11.1 Å². The van der Waals surface area contributed by atoms with Crippen molar-refractivity contribution >= 4 is 22.5 Å². The van der Waals surface area contributed by atoms with Crippen LogP contribution in [0.15, 0.2) is 36.5 Å². The Morgan fingerprint density at radius 2 is 2.17 bits per heavy atom. The molecule has 18 heavy (non-hydrogen) atoms. The second-order valence-electron chi connectivity index (χ2n) is 4.47. The summed E-state index contributed by atoms with van der Waals surface area (Å²) in [6.07, 6.45) is 2.15. The lowest BCUT2D eigenvalue weighted by Gasteiger charge is -2.10. The van der Waals surface area contributed by atoms with Gasteiger partial charge in [0.15, 0.2) is 0 Å². The van der Waals surface area contributed by atoms with Crippen molar-refractivity contribution in [2.45, 2.75) is 13.3 Å². The SMILES string of the molecule is CC(CN)CC(=O)Nc1cccc2cccnc12. The quantitative estimate of drug-likeness (QED) is 0.864. The molecule has 1 atom stereocenters. The number of benzene rings is 1. The molecule has 2 rings (SSSR count). The molecule has 0 radical (unpaired) electrons. The zero-order valence-electron chi connectivity index (χ0n) is 10.4. The van der Waals surface area contributed by atoms with Crippen LogP contribution in [-0.2, 0) is 4.79 Å². The van der Waals surface area contributed by atoms with E-state index in [0.29, 0.717) is 13.0 Å². The summed E-state index contributed by atoms with van der Waals surface area (Å²) in [6.45, 7) is 2.47. The van der Waals surface area contributed by atoms with E-state index in [-0.39, 0.29) is 11.8 Å². The van der Waals surface area contributed by atoms with E-state index in [9.17, 15) is 4.79 Å². The number of fused-ring (bicyclic) bond motifs is 1. The van der Waals surface area contributed by atoms with Gasteiger partial charge in [-0.15, -0.1) is 0 Å². The lowest BCUT2D eigenvalue weighted by Crippen LogP contribution is -2.20. The molecule has 1 aromatic carbocycles. The Balaban J connectivity index is 2.19. The van der Waals surface area contributed by atoms with Crippen LogP contribution in [0.25, 0.3) is 10.9 Å². The van der Waals surface area contributed by atoms with E-state index in [2.05, 4.69) is 10.3 Å². The van der Waals surface area contributed by atoms with Crippen LogP contribution in [0.5, 0.6) is 0 Å². The van der Waals surface area contributed by atoms with Gasteiger partial charge in [-0.3, -0.25) is 9.78 Å². The molecule has 1 amide bonds. The minimum atomic E-state index is -0.0221. The second-order valence-corrected chi connectivity index (χ2v) is 4.47. The molecule has 3 N–H and O–H groups in total. The zero-order chi connectivity index (χ0) is 13.0. The third-order valence-corrected chi connectivity index (χ3v) is 2.84. The van der Waals surface area contributed by atoms with Crippen molar-refractivity contribution in [1.82, 2.24) is 4.98 Å². The fourth-order valence-corrected chi connectivity index (χ4v) is 1.81. The largest absolute Gasteiger partial charge is 0.330 e. The van der Waals surface area contributed by atoms with E-state index in [4.69, 9.17) is 5.73 Å². The highest BCUT2D eigenvalue weighted by molar-refractivity contribution is 6.00. The molecule has 0 saturated carbocycles. The average molecular weight is 243 g/mol. The first-order chi connectivity index (χ1) is 8.70. The Bertz CT molecular complexity index is 548. The maximum absolute atomic E-state index is 11.8. The van der Waals surface area contributed by atoms with Gasteiger partial charge in [0.25, 0.3) is 0 Å². The summed E-state index contributed by atoms with van der Waals surface area (Å²) in [4.78, 5) is 16.1. The van der Waals surface area contributed by atoms with E-state index in [1.165, 1.54) is 0 Å². The summed E-state index contributed by atoms with van der Waals surface area (Å²) in [5, 5.41) is 3.91. The standard InChI is InChI=1S/C14H17N3O/c1-10(9-15)8-13(18)17-12-6-2-4-11-5-3-7-16-14(11)12/h2-7,10H,8-9,15H2,1H3,(H,17,18). The van der Waals surface area contributed by atoms with Crippen LogP contribution in [-0.4, -0.2) is 17.4 Å². The number of para-hydroxylation sites is 1. The molecule has 0 aliphatic rings. The van der Waals surface area contributed by atoms with Gasteiger partial charge in [0.05, 0.1) is 11.2 Å². The van der Waals surface area contributed by atoms with Gasteiger partial charge >= 0.3 is 0 Å². The number of carbonyl (C=O) groups is 1. The molecule has 1 unspecified atom stereocenters. The smallest absolute Gasteiger partial charge is 0.224 e. The molecule has 4 nitrogen and oxygen atoms in total. The Morgan fingerprint density at radius 1 is 1.39 bits per heavy atom. The number of hydrogen-bond donors (Lipinski definition) is 2. The van der Waals surface area contributed by atoms with E-state index in [1.54, 1.807) is 6.20 Å². The molecule has 94 valence electrons. The van der Waals surface area contributed by atoms with Crippen LogP contribution >= 0.6 is 0 Å². The number of aromatic nitrogens is 1. The normalized spacial score (nSPS) is 12.3. The van der Waals surface area contributed by atoms with Gasteiger partial charge in [-0.2, -0.15) is 0 Å². The Morgan fingerprint density at radius 3 is 2.94 bits per heavy atom. The first-order valence-electron chi connectivity index (χ1n) is 6.04. The van der Waals surface area contributed by atoms with Crippen LogP contribution in [0.3, 0.4) is 0 Å². The molecule has 0 aliphatic heterocycles. The van der Waals surface area contributed by atoms with Gasteiger partial charge < -0.3 is 11.1 Å². The number of nitrogens with zero attached hydrogens (tertiary/aromatic N) is 1. The van der Waals surface area contributed by atoms with Gasteiger partial charge in [0.1, 0.15) is 0 Å². The number of pyridine rings is 1. The predicted molar refractivity (Wildman–Crippen MR) is 73.2 cm³/mol. The molecule has 0 aliphatic carbocycles. The second kappa shape index (κ2) is 5.60. The summed E-state index contributed by atoms with van der Waals surface area (Å²) >= 11 is 0. The molecule has 0 spiro atoms. The predicted octanol–water partition coefficient (Wildman–Crippen LogP) is 2.16. The number of hydrogen-bond acceptors (Lipinski definition) is 3. The summed E-state index contributed by atoms with van der Waals surface area (Å²) in [5.41, 5.74) is 7.08. The number of nitrogens with two attached hydrogens (primary N) is 1. The molecule has 1 aromatic heterocycles. The van der Waals surface area contributed by atoms with Crippen molar-refractivity contribution in [1.29, 1.82) is 0 Å². The Kier molecular flexibility index (Phi) is 3.89. The minimum absolute atomic E-state index is 0.0221. The minimum Gasteiger partial charge on any atom is -0.330 e.